The molecule has 0 spiro atoms. The van der Waals surface area contributed by atoms with E-state index in [-0.39, 0.29) is 24.9 Å². The van der Waals surface area contributed by atoms with Gasteiger partial charge in [0.05, 0.1) is 12.8 Å². The number of benzene rings is 1. The molecular formula is C18H24N2O4. The van der Waals surface area contributed by atoms with Gasteiger partial charge in [0, 0.05) is 19.4 Å². The van der Waals surface area contributed by atoms with Crippen LogP contribution in [0.3, 0.4) is 0 Å². The summed E-state index contributed by atoms with van der Waals surface area (Å²) < 4.78 is 5.32. The maximum atomic E-state index is 12.1. The first-order valence-corrected chi connectivity index (χ1v) is 8.07. The lowest BCUT2D eigenvalue weighted by molar-refractivity contribution is -0.121. The van der Waals surface area contributed by atoms with E-state index in [2.05, 4.69) is 5.16 Å². The van der Waals surface area contributed by atoms with Crippen LogP contribution in [0.15, 0.2) is 35.5 Å². The average molecular weight is 332 g/mol. The van der Waals surface area contributed by atoms with E-state index in [0.29, 0.717) is 13.0 Å². The van der Waals surface area contributed by atoms with Crippen molar-refractivity contribution >= 4 is 18.1 Å². The maximum absolute atomic E-state index is 12.1. The predicted molar refractivity (Wildman–Crippen MR) is 91.0 cm³/mol. The molecule has 1 aliphatic rings. The van der Waals surface area contributed by atoms with Crippen molar-refractivity contribution in [3.63, 3.8) is 0 Å². The third-order valence-electron chi connectivity index (χ3n) is 3.41. The van der Waals surface area contributed by atoms with Crippen molar-refractivity contribution in [2.24, 2.45) is 5.16 Å². The summed E-state index contributed by atoms with van der Waals surface area (Å²) in [5.41, 5.74) is 0.343. The summed E-state index contributed by atoms with van der Waals surface area (Å²) >= 11 is 0. The Bertz CT molecular complexity index is 593. The lowest BCUT2D eigenvalue weighted by Crippen LogP contribution is -2.39. The van der Waals surface area contributed by atoms with E-state index in [1.807, 2.05) is 30.3 Å². The Balaban J connectivity index is 1.88. The number of nitrogens with zero attached hydrogens (tertiary/aromatic N) is 2. The van der Waals surface area contributed by atoms with Crippen molar-refractivity contribution in [1.29, 1.82) is 0 Å². The number of hydrogen-bond donors (Lipinski definition) is 0. The van der Waals surface area contributed by atoms with E-state index in [1.54, 1.807) is 27.0 Å². The fourth-order valence-corrected chi connectivity index (χ4v) is 2.30. The van der Waals surface area contributed by atoms with Gasteiger partial charge in [-0.3, -0.25) is 4.79 Å². The van der Waals surface area contributed by atoms with Gasteiger partial charge in [-0.2, -0.15) is 0 Å². The third-order valence-corrected chi connectivity index (χ3v) is 3.41. The van der Waals surface area contributed by atoms with Crippen molar-refractivity contribution in [2.75, 3.05) is 13.1 Å². The van der Waals surface area contributed by atoms with Gasteiger partial charge in [0.1, 0.15) is 11.7 Å². The zero-order chi connectivity index (χ0) is 17.6. The quantitative estimate of drug-likeness (QED) is 0.630. The molecule has 0 N–H and O–H groups in total. The molecule has 0 aliphatic carbocycles. The highest BCUT2D eigenvalue weighted by atomic mass is 16.6. The third kappa shape index (κ3) is 6.02. The molecule has 1 saturated heterocycles. The predicted octanol–water partition coefficient (Wildman–Crippen LogP) is 3.01. The number of hydrogen-bond acceptors (Lipinski definition) is 5. The van der Waals surface area contributed by atoms with Crippen LogP contribution < -0.4 is 0 Å². The standard InChI is InChI=1S/C18H24N2O4/c1-18(2,3)23-17(22)20-10-9-16(11-15(21)13-20)24-19-12-14-7-5-4-6-8-14/h4-8,12,16H,9-11,13H2,1-3H3. The van der Waals surface area contributed by atoms with Crippen LogP contribution in [-0.4, -0.2) is 47.8 Å². The Morgan fingerprint density at radius 3 is 2.67 bits per heavy atom. The monoisotopic (exact) mass is 332 g/mol. The molecular weight excluding hydrogens is 308 g/mol. The van der Waals surface area contributed by atoms with Crippen LogP contribution >= 0.6 is 0 Å². The van der Waals surface area contributed by atoms with Crippen molar-refractivity contribution in [1.82, 2.24) is 4.90 Å². The van der Waals surface area contributed by atoms with E-state index in [1.165, 1.54) is 4.90 Å². The molecule has 2 rings (SSSR count). The van der Waals surface area contributed by atoms with E-state index < -0.39 is 11.7 Å². The first-order chi connectivity index (χ1) is 11.3. The number of carbonyl (C=O) groups is 2. The SMILES string of the molecule is CC(C)(C)OC(=O)N1CCC(ON=Cc2ccccc2)CC(=O)C1. The van der Waals surface area contributed by atoms with E-state index >= 15 is 0 Å². The molecule has 0 radical (unpaired) electrons. The highest BCUT2D eigenvalue weighted by molar-refractivity contribution is 5.85. The largest absolute Gasteiger partial charge is 0.444 e. The van der Waals surface area contributed by atoms with Crippen LogP contribution in [0.1, 0.15) is 39.2 Å². The van der Waals surface area contributed by atoms with E-state index in [9.17, 15) is 9.59 Å². The highest BCUT2D eigenvalue weighted by Crippen LogP contribution is 2.16. The van der Waals surface area contributed by atoms with Crippen LogP contribution in [0.5, 0.6) is 0 Å². The number of amides is 1. The van der Waals surface area contributed by atoms with Gasteiger partial charge >= 0.3 is 6.09 Å². The van der Waals surface area contributed by atoms with Gasteiger partial charge in [-0.25, -0.2) is 4.79 Å². The number of ether oxygens (including phenoxy) is 1. The number of carbonyl (C=O) groups excluding carboxylic acids is 2. The molecule has 1 amide bonds. The summed E-state index contributed by atoms with van der Waals surface area (Å²) in [6.07, 6.45) is 1.60. The first-order valence-electron chi connectivity index (χ1n) is 8.07. The topological polar surface area (TPSA) is 68.2 Å². The van der Waals surface area contributed by atoms with Gasteiger partial charge in [0.25, 0.3) is 0 Å². The van der Waals surface area contributed by atoms with Gasteiger partial charge in [-0.05, 0) is 26.3 Å². The second-order valence-corrected chi connectivity index (χ2v) is 6.81. The van der Waals surface area contributed by atoms with Crippen LogP contribution in [0, 0.1) is 0 Å². The number of likely N-dealkylation sites (tertiary alicyclic amines) is 1. The van der Waals surface area contributed by atoms with Gasteiger partial charge < -0.3 is 14.5 Å². The smallest absolute Gasteiger partial charge is 0.410 e. The van der Waals surface area contributed by atoms with Crippen molar-refractivity contribution in [2.45, 2.75) is 45.3 Å². The Hall–Kier alpha value is -2.37. The summed E-state index contributed by atoms with van der Waals surface area (Å²) in [6, 6.07) is 9.57. The molecule has 6 heteroatoms. The summed E-state index contributed by atoms with van der Waals surface area (Å²) in [5.74, 6) is -0.0572. The molecule has 130 valence electrons. The summed E-state index contributed by atoms with van der Waals surface area (Å²) in [5, 5.41) is 3.96. The molecule has 0 bridgehead atoms. The van der Waals surface area contributed by atoms with Crippen LogP contribution in [0.4, 0.5) is 4.79 Å². The van der Waals surface area contributed by atoms with Gasteiger partial charge in [0.15, 0.2) is 5.78 Å². The minimum atomic E-state index is -0.581. The summed E-state index contributed by atoms with van der Waals surface area (Å²) in [6.45, 7) is 5.86. The lowest BCUT2D eigenvalue weighted by atomic mass is 10.1. The number of oxime groups is 1. The molecule has 1 atom stereocenters. The molecule has 1 aliphatic heterocycles. The Morgan fingerprint density at radius 2 is 2.00 bits per heavy atom. The zero-order valence-electron chi connectivity index (χ0n) is 14.4. The molecule has 6 nitrogen and oxygen atoms in total. The van der Waals surface area contributed by atoms with E-state index in [4.69, 9.17) is 9.57 Å². The lowest BCUT2D eigenvalue weighted by Gasteiger charge is -2.25. The number of Topliss-reactive ketones (excluding diaryl/α,β-unsaturated/α-hetero) is 1. The van der Waals surface area contributed by atoms with Crippen molar-refractivity contribution in [3.8, 4) is 0 Å². The second-order valence-electron chi connectivity index (χ2n) is 6.81. The summed E-state index contributed by atoms with van der Waals surface area (Å²) in [7, 11) is 0. The molecule has 1 fully saturated rings. The van der Waals surface area contributed by atoms with E-state index in [0.717, 1.165) is 5.56 Å². The molecule has 0 saturated carbocycles. The normalized spacial score (nSPS) is 19.2. The first kappa shape index (κ1) is 18.0. The Morgan fingerprint density at radius 1 is 1.29 bits per heavy atom. The molecule has 1 heterocycles. The number of ketones is 1. The minimum absolute atomic E-state index is 0.0528. The van der Waals surface area contributed by atoms with Gasteiger partial charge in [0.2, 0.25) is 0 Å². The second kappa shape index (κ2) is 7.95. The van der Waals surface area contributed by atoms with Gasteiger partial charge in [-0.15, -0.1) is 0 Å². The Kier molecular flexibility index (Phi) is 5.95. The highest BCUT2D eigenvalue weighted by Gasteiger charge is 2.29. The fraction of sp³-hybridized carbons (Fsp3) is 0.500. The van der Waals surface area contributed by atoms with Crippen molar-refractivity contribution in [3.05, 3.63) is 35.9 Å². The van der Waals surface area contributed by atoms with Crippen LogP contribution in [0.2, 0.25) is 0 Å². The maximum Gasteiger partial charge on any atom is 0.410 e. The molecule has 1 unspecified atom stereocenters. The van der Waals surface area contributed by atoms with Crippen LogP contribution in [0.25, 0.3) is 0 Å². The molecule has 24 heavy (non-hydrogen) atoms. The van der Waals surface area contributed by atoms with Gasteiger partial charge in [-0.1, -0.05) is 35.5 Å². The zero-order valence-corrected chi connectivity index (χ0v) is 14.4. The minimum Gasteiger partial charge on any atom is -0.444 e. The Labute approximate surface area is 142 Å². The number of rotatable bonds is 3. The molecule has 0 aromatic heterocycles. The average Bonchev–Trinajstić information content (AvgIpc) is 2.68. The van der Waals surface area contributed by atoms with Crippen molar-refractivity contribution < 1.29 is 19.2 Å². The molecule has 1 aromatic rings. The summed E-state index contributed by atoms with van der Waals surface area (Å²) in [4.78, 5) is 31.0. The fourth-order valence-electron chi connectivity index (χ4n) is 2.30. The van der Waals surface area contributed by atoms with Crippen LogP contribution in [-0.2, 0) is 14.4 Å². The molecule has 1 aromatic carbocycles.